The van der Waals surface area contributed by atoms with Crippen molar-refractivity contribution in [1.82, 2.24) is 9.97 Å². The fourth-order valence-electron chi connectivity index (χ4n) is 4.34. The van der Waals surface area contributed by atoms with E-state index in [0.717, 1.165) is 22.0 Å². The molecule has 9 heteroatoms. The first-order chi connectivity index (χ1) is 18.1. The molecule has 0 saturated carbocycles. The molecular formula is C29H31N3O6. The number of aryl methyl sites for hydroxylation is 1. The van der Waals surface area contributed by atoms with Gasteiger partial charge in [0.1, 0.15) is 17.0 Å². The molecule has 9 nitrogen and oxygen atoms in total. The van der Waals surface area contributed by atoms with Crippen LogP contribution in [0, 0.1) is 6.92 Å². The van der Waals surface area contributed by atoms with Gasteiger partial charge in [-0.05, 0) is 56.2 Å². The molecule has 1 atom stereocenters. The number of aliphatic hydroxyl groups is 1. The molecule has 2 aromatic carbocycles. The summed E-state index contributed by atoms with van der Waals surface area (Å²) in [5.41, 5.74) is 8.14. The number of H-pyrrole nitrogens is 1. The topological polar surface area (TPSA) is 137 Å². The van der Waals surface area contributed by atoms with Gasteiger partial charge in [-0.15, -0.1) is 0 Å². The maximum Gasteiger partial charge on any atom is 0.255 e. The van der Waals surface area contributed by atoms with Crippen molar-refractivity contribution in [2.24, 2.45) is 5.73 Å². The van der Waals surface area contributed by atoms with Crippen molar-refractivity contribution < 1.29 is 28.9 Å². The van der Waals surface area contributed by atoms with Crippen molar-refractivity contribution in [2.75, 3.05) is 20.8 Å². The van der Waals surface area contributed by atoms with E-state index in [1.165, 1.54) is 13.2 Å². The molecule has 0 saturated heterocycles. The number of benzene rings is 2. The molecule has 0 unspecified atom stereocenters. The molecule has 4 rings (SSSR count). The highest BCUT2D eigenvalue weighted by atomic mass is 16.5. The van der Waals surface area contributed by atoms with Gasteiger partial charge in [-0.2, -0.15) is 0 Å². The highest BCUT2D eigenvalue weighted by molar-refractivity contribution is 5.98. The van der Waals surface area contributed by atoms with Crippen LogP contribution in [-0.4, -0.2) is 47.6 Å². The molecule has 4 N–H and O–H groups in total. The third kappa shape index (κ3) is 5.47. The summed E-state index contributed by atoms with van der Waals surface area (Å²) in [7, 11) is 3.02. The number of Topliss-reactive ketones (excluding diaryl/α,β-unsaturated/α-hetero) is 1. The molecule has 0 fully saturated rings. The number of amides is 1. The van der Waals surface area contributed by atoms with E-state index in [4.69, 9.17) is 24.9 Å². The molecule has 38 heavy (non-hydrogen) atoms. The maximum absolute atomic E-state index is 13.0. The van der Waals surface area contributed by atoms with Crippen LogP contribution in [0.1, 0.15) is 41.4 Å². The van der Waals surface area contributed by atoms with Gasteiger partial charge >= 0.3 is 0 Å². The fourth-order valence-corrected chi connectivity index (χ4v) is 4.34. The Balaban J connectivity index is 1.56. The van der Waals surface area contributed by atoms with Crippen LogP contribution in [-0.2, 0) is 10.4 Å². The number of aromatic nitrogens is 2. The molecule has 198 valence electrons. The predicted molar refractivity (Wildman–Crippen MR) is 144 cm³/mol. The Bertz CT molecular complexity index is 1490. The van der Waals surface area contributed by atoms with Crippen molar-refractivity contribution in [2.45, 2.75) is 32.3 Å². The number of ether oxygens (including phenoxy) is 3. The number of hydrogen-bond acceptors (Lipinski definition) is 7. The van der Waals surface area contributed by atoms with Crippen LogP contribution in [0.2, 0.25) is 0 Å². The van der Waals surface area contributed by atoms with Gasteiger partial charge in [0, 0.05) is 34.6 Å². The molecule has 0 aliphatic heterocycles. The van der Waals surface area contributed by atoms with E-state index in [-0.39, 0.29) is 25.2 Å². The number of hydrogen-bond donors (Lipinski definition) is 3. The fraction of sp³-hybridized carbons (Fsp3) is 0.276. The van der Waals surface area contributed by atoms with E-state index in [2.05, 4.69) is 4.98 Å². The van der Waals surface area contributed by atoms with Gasteiger partial charge in [0.15, 0.2) is 23.9 Å². The van der Waals surface area contributed by atoms with E-state index < -0.39 is 11.5 Å². The normalized spacial score (nSPS) is 12.7. The molecule has 0 bridgehead atoms. The summed E-state index contributed by atoms with van der Waals surface area (Å²) in [5.74, 6) is 0.376. The summed E-state index contributed by atoms with van der Waals surface area (Å²) in [5, 5.41) is 12.3. The van der Waals surface area contributed by atoms with Crippen LogP contribution < -0.4 is 19.9 Å². The van der Waals surface area contributed by atoms with Crippen LogP contribution in [0.5, 0.6) is 17.2 Å². The smallest absolute Gasteiger partial charge is 0.255 e. The number of para-hydroxylation sites is 1. The Morgan fingerprint density at radius 3 is 2.50 bits per heavy atom. The second-order valence-electron chi connectivity index (χ2n) is 9.26. The zero-order valence-electron chi connectivity index (χ0n) is 21.8. The Morgan fingerprint density at radius 1 is 1.05 bits per heavy atom. The number of nitrogens with one attached hydrogen (secondary N) is 1. The van der Waals surface area contributed by atoms with E-state index in [1.807, 2.05) is 31.3 Å². The highest BCUT2D eigenvalue weighted by Crippen LogP contribution is 2.37. The predicted octanol–water partition coefficient (Wildman–Crippen LogP) is 4.29. The zero-order chi connectivity index (χ0) is 27.4. The van der Waals surface area contributed by atoms with Crippen LogP contribution in [0.4, 0.5) is 0 Å². The molecule has 1 amide bonds. The second kappa shape index (κ2) is 10.9. The lowest BCUT2D eigenvalue weighted by Gasteiger charge is -2.23. The van der Waals surface area contributed by atoms with Crippen molar-refractivity contribution in [3.8, 4) is 28.5 Å². The quantitative estimate of drug-likeness (QED) is 0.252. The molecule has 0 spiro atoms. The average molecular weight is 518 g/mol. The van der Waals surface area contributed by atoms with E-state index >= 15 is 0 Å². The number of aromatic amines is 1. The van der Waals surface area contributed by atoms with E-state index in [1.54, 1.807) is 38.3 Å². The SMILES string of the molecule is COc1cc(C(=O)CC[C@@](C)(O)c2ccc(OC)c(-c3c[nH]c4c(C)cccc34)n2)ccc1OCC(N)=O. The van der Waals surface area contributed by atoms with Gasteiger partial charge in [0.25, 0.3) is 5.91 Å². The second-order valence-corrected chi connectivity index (χ2v) is 9.26. The number of fused-ring (bicyclic) bond motifs is 1. The van der Waals surface area contributed by atoms with Crippen molar-refractivity contribution in [3.63, 3.8) is 0 Å². The number of ketones is 1. The standard InChI is InChI=1S/C29H31N3O6/c1-17-6-5-7-19-20(15-31-27(17)19)28-23(36-3)10-11-25(32-28)29(2,35)13-12-21(33)18-8-9-22(24(14-18)37-4)38-16-26(30)34/h5-11,14-15,31,35H,12-13,16H2,1-4H3,(H2,30,34)/t29-/m1/s1. The highest BCUT2D eigenvalue weighted by Gasteiger charge is 2.28. The molecule has 2 aromatic heterocycles. The van der Waals surface area contributed by atoms with Gasteiger partial charge in [0.05, 0.1) is 19.9 Å². The largest absolute Gasteiger partial charge is 0.494 e. The minimum Gasteiger partial charge on any atom is -0.494 e. The molecule has 4 aromatic rings. The monoisotopic (exact) mass is 517 g/mol. The van der Waals surface area contributed by atoms with Crippen LogP contribution >= 0.6 is 0 Å². The number of carbonyl (C=O) groups is 2. The first-order valence-electron chi connectivity index (χ1n) is 12.1. The number of primary amides is 1. The number of carbonyl (C=O) groups excluding carboxylic acids is 2. The average Bonchev–Trinajstić information content (AvgIpc) is 3.35. The zero-order valence-corrected chi connectivity index (χ0v) is 21.8. The summed E-state index contributed by atoms with van der Waals surface area (Å²) >= 11 is 0. The van der Waals surface area contributed by atoms with Crippen LogP contribution in [0.25, 0.3) is 22.2 Å². The third-order valence-corrected chi connectivity index (χ3v) is 6.50. The van der Waals surface area contributed by atoms with Crippen molar-refractivity contribution in [3.05, 3.63) is 71.5 Å². The summed E-state index contributed by atoms with van der Waals surface area (Å²) in [6.45, 7) is 3.36. The lowest BCUT2D eigenvalue weighted by atomic mass is 9.92. The number of methoxy groups -OCH3 is 2. The van der Waals surface area contributed by atoms with Gasteiger partial charge in [-0.25, -0.2) is 4.98 Å². The first kappa shape index (κ1) is 26.7. The maximum atomic E-state index is 13.0. The third-order valence-electron chi connectivity index (χ3n) is 6.50. The number of pyridine rings is 1. The Kier molecular flexibility index (Phi) is 7.68. The number of nitrogens with zero attached hydrogens (tertiary/aromatic N) is 1. The molecule has 0 aliphatic rings. The minimum absolute atomic E-state index is 0.0625. The van der Waals surface area contributed by atoms with Crippen LogP contribution in [0.15, 0.2) is 54.7 Å². The van der Waals surface area contributed by atoms with Crippen molar-refractivity contribution >= 4 is 22.6 Å². The Morgan fingerprint density at radius 2 is 1.79 bits per heavy atom. The lowest BCUT2D eigenvalue weighted by Crippen LogP contribution is -2.24. The number of nitrogens with two attached hydrogens (primary N) is 1. The summed E-state index contributed by atoms with van der Waals surface area (Å²) in [4.78, 5) is 32.1. The summed E-state index contributed by atoms with van der Waals surface area (Å²) < 4.78 is 16.2. The molecule has 2 heterocycles. The van der Waals surface area contributed by atoms with Gasteiger partial charge < -0.3 is 30.0 Å². The molecular weight excluding hydrogens is 486 g/mol. The van der Waals surface area contributed by atoms with Gasteiger partial charge in [-0.1, -0.05) is 18.2 Å². The number of rotatable bonds is 11. The molecule has 0 aliphatic carbocycles. The van der Waals surface area contributed by atoms with Crippen molar-refractivity contribution in [1.29, 1.82) is 0 Å². The van der Waals surface area contributed by atoms with E-state index in [0.29, 0.717) is 34.2 Å². The van der Waals surface area contributed by atoms with Gasteiger partial charge in [-0.3, -0.25) is 9.59 Å². The lowest BCUT2D eigenvalue weighted by molar-refractivity contribution is -0.119. The summed E-state index contributed by atoms with van der Waals surface area (Å²) in [6, 6.07) is 14.2. The summed E-state index contributed by atoms with van der Waals surface area (Å²) in [6.07, 6.45) is 2.08. The minimum atomic E-state index is -1.38. The Labute approximate surface area is 220 Å². The Hall–Kier alpha value is -4.37. The first-order valence-corrected chi connectivity index (χ1v) is 12.1. The van der Waals surface area contributed by atoms with E-state index in [9.17, 15) is 14.7 Å². The molecule has 0 radical (unpaired) electrons. The van der Waals surface area contributed by atoms with Gasteiger partial charge in [0.2, 0.25) is 0 Å². The van der Waals surface area contributed by atoms with Crippen LogP contribution in [0.3, 0.4) is 0 Å².